The summed E-state index contributed by atoms with van der Waals surface area (Å²) in [7, 11) is 0. The van der Waals surface area contributed by atoms with Gasteiger partial charge >= 0.3 is 0 Å². The SMILES string of the molecule is CC(=O)c1ccc(-c2cncc3[nH]c(-c4n[nH]c5cnc(-c6cncc(CNCc7ccccc7)c6)cc45)cc23)s1. The van der Waals surface area contributed by atoms with Crippen LogP contribution < -0.4 is 5.32 Å². The second-order valence-corrected chi connectivity index (χ2v) is 11.0. The second-order valence-electron chi connectivity index (χ2n) is 9.91. The van der Waals surface area contributed by atoms with Crippen molar-refractivity contribution in [3.05, 3.63) is 108 Å². The number of H-pyrrole nitrogens is 2. The van der Waals surface area contributed by atoms with E-state index >= 15 is 0 Å². The van der Waals surface area contributed by atoms with Crippen molar-refractivity contribution >= 4 is 38.9 Å². The minimum atomic E-state index is 0.0627. The molecule has 6 heterocycles. The molecule has 0 bridgehead atoms. The van der Waals surface area contributed by atoms with Gasteiger partial charge in [-0.2, -0.15) is 5.10 Å². The number of carbonyl (C=O) groups is 1. The van der Waals surface area contributed by atoms with Gasteiger partial charge < -0.3 is 10.3 Å². The third-order valence-electron chi connectivity index (χ3n) is 7.06. The highest BCUT2D eigenvalue weighted by atomic mass is 32.1. The van der Waals surface area contributed by atoms with Gasteiger partial charge in [0, 0.05) is 58.5 Å². The minimum Gasteiger partial charge on any atom is -0.352 e. The fraction of sp³-hybridized carbons (Fsp3) is 0.0938. The fourth-order valence-corrected chi connectivity index (χ4v) is 5.92. The molecule has 0 spiro atoms. The Labute approximate surface area is 239 Å². The monoisotopic (exact) mass is 555 g/mol. The Kier molecular flexibility index (Phi) is 6.42. The number of aromatic amines is 2. The van der Waals surface area contributed by atoms with E-state index in [1.165, 1.54) is 16.9 Å². The summed E-state index contributed by atoms with van der Waals surface area (Å²) < 4.78 is 0. The molecule has 200 valence electrons. The summed E-state index contributed by atoms with van der Waals surface area (Å²) in [4.78, 5) is 30.7. The van der Waals surface area contributed by atoms with Crippen LogP contribution in [0.25, 0.3) is 54.9 Å². The first-order valence-electron chi connectivity index (χ1n) is 13.2. The third kappa shape index (κ3) is 4.93. The molecule has 0 saturated heterocycles. The normalized spacial score (nSPS) is 11.4. The summed E-state index contributed by atoms with van der Waals surface area (Å²) in [5.74, 6) is 0.0627. The molecule has 0 radical (unpaired) electrons. The van der Waals surface area contributed by atoms with E-state index in [2.05, 4.69) is 65.8 Å². The number of rotatable bonds is 8. The van der Waals surface area contributed by atoms with E-state index in [1.807, 2.05) is 61.3 Å². The van der Waals surface area contributed by atoms with Crippen molar-refractivity contribution < 1.29 is 4.79 Å². The predicted molar refractivity (Wildman–Crippen MR) is 163 cm³/mol. The van der Waals surface area contributed by atoms with Crippen LogP contribution in [0, 0.1) is 0 Å². The second kappa shape index (κ2) is 10.5. The molecule has 0 fully saturated rings. The Morgan fingerprint density at radius 1 is 0.854 bits per heavy atom. The van der Waals surface area contributed by atoms with Crippen LogP contribution in [0.2, 0.25) is 0 Å². The van der Waals surface area contributed by atoms with Gasteiger partial charge in [0.05, 0.1) is 39.7 Å². The summed E-state index contributed by atoms with van der Waals surface area (Å²) in [5.41, 5.74) is 8.50. The molecule has 0 saturated carbocycles. The number of thiophene rings is 1. The fourth-order valence-electron chi connectivity index (χ4n) is 5.00. The number of Topliss-reactive ketones (excluding diaryl/α,β-unsaturated/α-hetero) is 1. The van der Waals surface area contributed by atoms with E-state index in [4.69, 9.17) is 0 Å². The van der Waals surface area contributed by atoms with Gasteiger partial charge in [-0.25, -0.2) is 0 Å². The topological polar surface area (TPSA) is 112 Å². The molecule has 9 heteroatoms. The smallest absolute Gasteiger partial charge is 0.169 e. The number of aromatic nitrogens is 6. The molecule has 1 aromatic carbocycles. The lowest BCUT2D eigenvalue weighted by molar-refractivity contribution is 0.102. The number of pyridine rings is 3. The van der Waals surface area contributed by atoms with Gasteiger partial charge in [-0.15, -0.1) is 11.3 Å². The Balaban J connectivity index is 1.19. The minimum absolute atomic E-state index is 0.0627. The third-order valence-corrected chi connectivity index (χ3v) is 8.28. The summed E-state index contributed by atoms with van der Waals surface area (Å²) in [6.45, 7) is 3.09. The van der Waals surface area contributed by atoms with E-state index in [0.29, 0.717) is 6.54 Å². The molecule has 0 aliphatic carbocycles. The number of nitrogens with one attached hydrogen (secondary N) is 3. The largest absolute Gasteiger partial charge is 0.352 e. The van der Waals surface area contributed by atoms with E-state index in [-0.39, 0.29) is 5.78 Å². The number of fused-ring (bicyclic) bond motifs is 2. The Hall–Kier alpha value is -4.99. The lowest BCUT2D eigenvalue weighted by Gasteiger charge is -2.07. The van der Waals surface area contributed by atoms with Crippen LogP contribution in [-0.4, -0.2) is 35.9 Å². The van der Waals surface area contributed by atoms with Gasteiger partial charge in [0.1, 0.15) is 5.69 Å². The van der Waals surface area contributed by atoms with Crippen molar-refractivity contribution in [3.63, 3.8) is 0 Å². The Morgan fingerprint density at radius 2 is 1.71 bits per heavy atom. The first-order valence-corrected chi connectivity index (χ1v) is 14.1. The summed E-state index contributed by atoms with van der Waals surface area (Å²) in [6.07, 6.45) is 9.19. The van der Waals surface area contributed by atoms with E-state index < -0.39 is 0 Å². The van der Waals surface area contributed by atoms with Crippen LogP contribution in [0.4, 0.5) is 0 Å². The van der Waals surface area contributed by atoms with Crippen molar-refractivity contribution in [2.24, 2.45) is 0 Å². The number of nitrogens with zero attached hydrogens (tertiary/aromatic N) is 4. The number of ketones is 1. The van der Waals surface area contributed by atoms with Crippen LogP contribution in [0.1, 0.15) is 27.7 Å². The Morgan fingerprint density at radius 3 is 2.56 bits per heavy atom. The molecule has 0 atom stereocenters. The summed E-state index contributed by atoms with van der Waals surface area (Å²) >= 11 is 1.48. The van der Waals surface area contributed by atoms with Gasteiger partial charge in [-0.1, -0.05) is 30.3 Å². The first kappa shape index (κ1) is 25.0. The highest BCUT2D eigenvalue weighted by Crippen LogP contribution is 2.36. The maximum absolute atomic E-state index is 11.9. The average Bonchev–Trinajstić information content (AvgIpc) is 3.76. The van der Waals surface area contributed by atoms with Crippen LogP contribution in [0.5, 0.6) is 0 Å². The first-order chi connectivity index (χ1) is 20.1. The average molecular weight is 556 g/mol. The van der Waals surface area contributed by atoms with E-state index in [1.54, 1.807) is 6.92 Å². The van der Waals surface area contributed by atoms with Crippen molar-refractivity contribution in [2.75, 3.05) is 0 Å². The van der Waals surface area contributed by atoms with Crippen molar-refractivity contribution in [2.45, 2.75) is 20.0 Å². The van der Waals surface area contributed by atoms with Crippen LogP contribution in [0.3, 0.4) is 0 Å². The van der Waals surface area contributed by atoms with E-state index in [9.17, 15) is 4.79 Å². The highest BCUT2D eigenvalue weighted by Gasteiger charge is 2.16. The molecular weight excluding hydrogens is 530 g/mol. The highest BCUT2D eigenvalue weighted by molar-refractivity contribution is 7.17. The van der Waals surface area contributed by atoms with Crippen LogP contribution in [0.15, 0.2) is 91.6 Å². The zero-order valence-electron chi connectivity index (χ0n) is 22.2. The molecule has 7 rings (SSSR count). The van der Waals surface area contributed by atoms with Crippen LogP contribution in [-0.2, 0) is 13.1 Å². The number of hydrogen-bond donors (Lipinski definition) is 3. The predicted octanol–water partition coefficient (Wildman–Crippen LogP) is 6.78. The molecule has 0 amide bonds. The number of carbonyl (C=O) groups excluding carboxylic acids is 1. The van der Waals surface area contributed by atoms with Gasteiger partial charge in [0.2, 0.25) is 0 Å². The quantitative estimate of drug-likeness (QED) is 0.178. The lowest BCUT2D eigenvalue weighted by atomic mass is 10.1. The summed E-state index contributed by atoms with van der Waals surface area (Å²) in [6, 6.07) is 20.5. The number of benzene rings is 1. The van der Waals surface area contributed by atoms with Gasteiger partial charge in [-0.05, 0) is 48.4 Å². The van der Waals surface area contributed by atoms with E-state index in [0.717, 1.165) is 71.9 Å². The van der Waals surface area contributed by atoms with Crippen LogP contribution >= 0.6 is 11.3 Å². The zero-order chi connectivity index (χ0) is 27.8. The molecule has 8 nitrogen and oxygen atoms in total. The van der Waals surface area contributed by atoms with Gasteiger partial charge in [0.25, 0.3) is 0 Å². The van der Waals surface area contributed by atoms with Crippen molar-refractivity contribution in [1.29, 1.82) is 0 Å². The lowest BCUT2D eigenvalue weighted by Crippen LogP contribution is -2.12. The standard InChI is InChI=1S/C32H25N7OS/c1-19(40)30-7-8-31(41-30)25-16-35-17-28-23(25)10-27(37-28)32-24-11-26(36-18-29(24)38-39-32)22-9-21(14-34-15-22)13-33-12-20-5-3-2-4-6-20/h2-11,14-18,33,37H,12-13H2,1H3,(H,38,39). The Bertz CT molecular complexity index is 2020. The van der Waals surface area contributed by atoms with Gasteiger partial charge in [-0.3, -0.25) is 24.8 Å². The van der Waals surface area contributed by atoms with Crippen molar-refractivity contribution in [3.8, 4) is 33.1 Å². The summed E-state index contributed by atoms with van der Waals surface area (Å²) in [5, 5.41) is 13.2. The molecule has 6 aromatic heterocycles. The molecule has 0 unspecified atom stereocenters. The zero-order valence-corrected chi connectivity index (χ0v) is 23.0. The maximum Gasteiger partial charge on any atom is 0.169 e. The molecular formula is C32H25N7OS. The molecule has 0 aliphatic rings. The van der Waals surface area contributed by atoms with Gasteiger partial charge in [0.15, 0.2) is 5.78 Å². The van der Waals surface area contributed by atoms with Crippen molar-refractivity contribution in [1.82, 2.24) is 35.5 Å². The molecule has 7 aromatic rings. The molecule has 3 N–H and O–H groups in total. The number of hydrogen-bond acceptors (Lipinski definition) is 7. The molecule has 0 aliphatic heterocycles. The molecule has 41 heavy (non-hydrogen) atoms. The maximum atomic E-state index is 11.9.